The quantitative estimate of drug-likeness (QED) is 0.487. The largest absolute Gasteiger partial charge is 0.301 e. The van der Waals surface area contributed by atoms with Crippen LogP contribution in [-0.4, -0.2) is 26.0 Å². The average Bonchev–Trinajstić information content (AvgIpc) is 3.27. The van der Waals surface area contributed by atoms with Crippen molar-refractivity contribution in [2.24, 2.45) is 0 Å². The van der Waals surface area contributed by atoms with E-state index in [1.807, 2.05) is 55.5 Å². The van der Waals surface area contributed by atoms with Crippen molar-refractivity contribution in [1.82, 2.24) is 14.3 Å². The molecular weight excluding hydrogens is 384 g/mol. The van der Waals surface area contributed by atoms with E-state index in [9.17, 15) is 4.79 Å². The van der Waals surface area contributed by atoms with Gasteiger partial charge in [-0.1, -0.05) is 65.1 Å². The standard InChI is InChI=1S/C18H14N4OS3/c1-11-6-8-12(9-7-11)16-21-18(26-22-16)24-10-15(23)20-17-19-13-4-2-3-5-14(13)25-17/h2-9H,10H2,1H3,(H,19,20,23). The van der Waals surface area contributed by atoms with E-state index < -0.39 is 0 Å². The molecule has 5 nitrogen and oxygen atoms in total. The molecule has 0 radical (unpaired) electrons. The van der Waals surface area contributed by atoms with Crippen LogP contribution in [0, 0.1) is 6.92 Å². The topological polar surface area (TPSA) is 67.8 Å². The highest BCUT2D eigenvalue weighted by Crippen LogP contribution is 2.27. The molecule has 0 saturated carbocycles. The van der Waals surface area contributed by atoms with Gasteiger partial charge in [0.1, 0.15) is 0 Å². The van der Waals surface area contributed by atoms with Crippen molar-refractivity contribution in [1.29, 1.82) is 0 Å². The van der Waals surface area contributed by atoms with E-state index in [-0.39, 0.29) is 11.7 Å². The van der Waals surface area contributed by atoms with Gasteiger partial charge in [0.05, 0.1) is 16.0 Å². The minimum atomic E-state index is -0.0962. The third-order valence-corrected chi connectivity index (χ3v) is 6.37. The molecule has 1 amide bonds. The van der Waals surface area contributed by atoms with Crippen molar-refractivity contribution in [2.75, 3.05) is 11.1 Å². The number of hydrogen-bond acceptors (Lipinski definition) is 7. The minimum Gasteiger partial charge on any atom is -0.301 e. The molecule has 4 aromatic rings. The molecule has 0 aliphatic carbocycles. The second-order valence-electron chi connectivity index (χ2n) is 5.57. The molecule has 2 aromatic heterocycles. The van der Waals surface area contributed by atoms with Crippen molar-refractivity contribution in [3.63, 3.8) is 0 Å². The predicted octanol–water partition coefficient (Wildman–Crippen LogP) is 4.85. The number of thiazole rings is 1. The first-order valence-corrected chi connectivity index (χ1v) is 10.4. The van der Waals surface area contributed by atoms with Crippen LogP contribution in [0.15, 0.2) is 52.9 Å². The summed E-state index contributed by atoms with van der Waals surface area (Å²) >= 11 is 4.16. The Morgan fingerprint density at radius 1 is 1.12 bits per heavy atom. The number of carbonyl (C=O) groups excluding carboxylic acids is 1. The number of carbonyl (C=O) groups is 1. The van der Waals surface area contributed by atoms with Crippen molar-refractivity contribution in [2.45, 2.75) is 11.3 Å². The first-order chi connectivity index (χ1) is 12.7. The lowest BCUT2D eigenvalue weighted by Crippen LogP contribution is -2.13. The van der Waals surface area contributed by atoms with Gasteiger partial charge in [-0.15, -0.1) is 0 Å². The molecule has 8 heteroatoms. The molecular formula is C18H14N4OS3. The summed E-state index contributed by atoms with van der Waals surface area (Å²) in [5, 5.41) is 3.47. The predicted molar refractivity (Wildman–Crippen MR) is 109 cm³/mol. The van der Waals surface area contributed by atoms with Crippen LogP contribution in [0.2, 0.25) is 0 Å². The maximum Gasteiger partial charge on any atom is 0.236 e. The van der Waals surface area contributed by atoms with E-state index in [1.165, 1.54) is 40.2 Å². The number of amides is 1. The zero-order valence-corrected chi connectivity index (χ0v) is 16.3. The maximum absolute atomic E-state index is 12.2. The van der Waals surface area contributed by atoms with Crippen LogP contribution >= 0.6 is 34.6 Å². The summed E-state index contributed by atoms with van der Waals surface area (Å²) in [6.45, 7) is 2.05. The summed E-state index contributed by atoms with van der Waals surface area (Å²) < 4.78 is 6.21. The number of nitrogens with one attached hydrogen (secondary N) is 1. The van der Waals surface area contributed by atoms with Gasteiger partial charge >= 0.3 is 0 Å². The molecule has 0 unspecified atom stereocenters. The van der Waals surface area contributed by atoms with Gasteiger partial charge in [0, 0.05) is 5.56 Å². The fourth-order valence-electron chi connectivity index (χ4n) is 2.30. The number of thioether (sulfide) groups is 1. The van der Waals surface area contributed by atoms with Gasteiger partial charge < -0.3 is 5.32 Å². The summed E-state index contributed by atoms with van der Waals surface area (Å²) in [7, 11) is 0. The van der Waals surface area contributed by atoms with Crippen LogP contribution in [0.4, 0.5) is 5.13 Å². The van der Waals surface area contributed by atoms with Gasteiger partial charge in [0.2, 0.25) is 5.91 Å². The zero-order valence-electron chi connectivity index (χ0n) is 13.8. The zero-order chi connectivity index (χ0) is 17.9. The normalized spacial score (nSPS) is 11.0. The Kier molecular flexibility index (Phi) is 4.96. The lowest BCUT2D eigenvalue weighted by atomic mass is 10.1. The third-order valence-electron chi connectivity index (χ3n) is 3.58. The van der Waals surface area contributed by atoms with Gasteiger partial charge in [-0.25, -0.2) is 9.97 Å². The van der Waals surface area contributed by atoms with Crippen LogP contribution in [0.3, 0.4) is 0 Å². The van der Waals surface area contributed by atoms with Crippen LogP contribution < -0.4 is 5.32 Å². The second kappa shape index (κ2) is 7.53. The first-order valence-electron chi connectivity index (χ1n) is 7.86. The van der Waals surface area contributed by atoms with E-state index in [4.69, 9.17) is 0 Å². The van der Waals surface area contributed by atoms with E-state index in [0.29, 0.717) is 11.0 Å². The summed E-state index contributed by atoms with van der Waals surface area (Å²) in [6.07, 6.45) is 0. The molecule has 4 rings (SSSR count). The Hall–Kier alpha value is -2.29. The number of benzene rings is 2. The molecule has 0 atom stereocenters. The fraction of sp³-hybridized carbons (Fsp3) is 0.111. The fourth-order valence-corrected chi connectivity index (χ4v) is 4.59. The van der Waals surface area contributed by atoms with Crippen LogP contribution in [0.1, 0.15) is 5.56 Å². The summed E-state index contributed by atoms with van der Waals surface area (Å²) in [6, 6.07) is 15.9. The van der Waals surface area contributed by atoms with Crippen LogP contribution in [0.5, 0.6) is 0 Å². The van der Waals surface area contributed by atoms with E-state index in [1.54, 1.807) is 0 Å². The Morgan fingerprint density at radius 2 is 1.92 bits per heavy atom. The highest BCUT2D eigenvalue weighted by Gasteiger charge is 2.11. The molecule has 26 heavy (non-hydrogen) atoms. The number of fused-ring (bicyclic) bond motifs is 1. The van der Waals surface area contributed by atoms with Crippen molar-refractivity contribution in [3.05, 3.63) is 54.1 Å². The summed E-state index contributed by atoms with van der Waals surface area (Å²) in [4.78, 5) is 21.1. The molecule has 0 spiro atoms. The molecule has 130 valence electrons. The lowest BCUT2D eigenvalue weighted by molar-refractivity contribution is -0.113. The Morgan fingerprint density at radius 3 is 2.73 bits per heavy atom. The van der Waals surface area contributed by atoms with Gasteiger partial charge in [-0.05, 0) is 30.6 Å². The Balaban J connectivity index is 1.36. The van der Waals surface area contributed by atoms with Gasteiger partial charge in [-0.3, -0.25) is 4.79 Å². The van der Waals surface area contributed by atoms with Gasteiger partial charge in [0.15, 0.2) is 15.3 Å². The van der Waals surface area contributed by atoms with Gasteiger partial charge in [0.25, 0.3) is 0 Å². The second-order valence-corrected chi connectivity index (χ2v) is 8.58. The van der Waals surface area contributed by atoms with Crippen LogP contribution in [0.25, 0.3) is 21.6 Å². The van der Waals surface area contributed by atoms with E-state index >= 15 is 0 Å². The van der Waals surface area contributed by atoms with Crippen LogP contribution in [-0.2, 0) is 4.79 Å². The number of rotatable bonds is 5. The lowest BCUT2D eigenvalue weighted by Gasteiger charge is -1.99. The Bertz CT molecular complexity index is 1020. The maximum atomic E-state index is 12.2. The van der Waals surface area contributed by atoms with E-state index in [0.717, 1.165) is 20.1 Å². The highest BCUT2D eigenvalue weighted by molar-refractivity contribution is 8.01. The smallest absolute Gasteiger partial charge is 0.236 e. The average molecular weight is 399 g/mol. The molecule has 1 N–H and O–H groups in total. The number of aryl methyl sites for hydroxylation is 1. The molecule has 0 aliphatic rings. The highest BCUT2D eigenvalue weighted by atomic mass is 32.2. The number of anilines is 1. The first kappa shape index (κ1) is 17.1. The third kappa shape index (κ3) is 3.92. The molecule has 0 aliphatic heterocycles. The molecule has 2 aromatic carbocycles. The molecule has 0 fully saturated rings. The number of para-hydroxylation sites is 1. The summed E-state index contributed by atoms with van der Waals surface area (Å²) in [5.41, 5.74) is 3.08. The van der Waals surface area contributed by atoms with Crippen molar-refractivity contribution >= 4 is 55.9 Å². The van der Waals surface area contributed by atoms with Crippen molar-refractivity contribution < 1.29 is 4.79 Å². The monoisotopic (exact) mass is 398 g/mol. The summed E-state index contributed by atoms with van der Waals surface area (Å²) in [5.74, 6) is 0.878. The SMILES string of the molecule is Cc1ccc(-c2nsc(SCC(=O)Nc3nc4ccccc4s3)n2)cc1. The van der Waals surface area contributed by atoms with E-state index in [2.05, 4.69) is 19.7 Å². The molecule has 0 bridgehead atoms. The molecule has 2 heterocycles. The minimum absolute atomic E-state index is 0.0962. The number of hydrogen-bond donors (Lipinski definition) is 1. The number of nitrogens with zero attached hydrogens (tertiary/aromatic N) is 3. The Labute approximate surface area is 162 Å². The molecule has 0 saturated heterocycles. The number of aromatic nitrogens is 3. The van der Waals surface area contributed by atoms with Gasteiger partial charge in [-0.2, -0.15) is 4.37 Å². The van der Waals surface area contributed by atoms with Crippen molar-refractivity contribution in [3.8, 4) is 11.4 Å².